The first-order valence-electron chi connectivity index (χ1n) is 7.31. The molecule has 20 heavy (non-hydrogen) atoms. The van der Waals surface area contributed by atoms with Crippen molar-refractivity contribution in [1.82, 2.24) is 5.32 Å². The predicted octanol–water partition coefficient (Wildman–Crippen LogP) is 4.02. The van der Waals surface area contributed by atoms with Gasteiger partial charge in [0.25, 0.3) is 0 Å². The molecule has 0 atom stereocenters. The van der Waals surface area contributed by atoms with Gasteiger partial charge in [0.2, 0.25) is 5.91 Å². The normalized spacial score (nSPS) is 30.2. The van der Waals surface area contributed by atoms with Gasteiger partial charge in [0, 0.05) is 11.8 Å². The van der Waals surface area contributed by atoms with Gasteiger partial charge in [0.05, 0.1) is 11.5 Å². The molecule has 2 aliphatic rings. The Bertz CT molecular complexity index is 345. The molecule has 0 aromatic carbocycles. The highest BCUT2D eigenvalue weighted by Crippen LogP contribution is 2.40. The summed E-state index contributed by atoms with van der Waals surface area (Å²) >= 11 is 5.97. The van der Waals surface area contributed by atoms with Gasteiger partial charge >= 0.3 is 6.18 Å². The molecule has 2 nitrogen and oxygen atoms in total. The van der Waals surface area contributed by atoms with Crippen molar-refractivity contribution in [1.29, 1.82) is 0 Å². The second-order valence-corrected chi connectivity index (χ2v) is 6.47. The molecular formula is C14H21ClF3NO. The molecule has 0 spiro atoms. The van der Waals surface area contributed by atoms with E-state index >= 15 is 0 Å². The monoisotopic (exact) mass is 311 g/mol. The fourth-order valence-corrected chi connectivity index (χ4v) is 3.72. The number of nitrogens with one attached hydrogen (secondary N) is 1. The summed E-state index contributed by atoms with van der Waals surface area (Å²) < 4.78 is 37.8. The van der Waals surface area contributed by atoms with Crippen molar-refractivity contribution in [2.24, 2.45) is 11.8 Å². The van der Waals surface area contributed by atoms with Crippen LogP contribution in [0.3, 0.4) is 0 Å². The molecule has 0 aliphatic heterocycles. The van der Waals surface area contributed by atoms with E-state index in [1.807, 2.05) is 0 Å². The maximum absolute atomic E-state index is 12.6. The highest BCUT2D eigenvalue weighted by Gasteiger charge is 2.43. The molecule has 2 fully saturated rings. The molecule has 116 valence electrons. The van der Waals surface area contributed by atoms with Crippen LogP contribution in [0.4, 0.5) is 13.2 Å². The Morgan fingerprint density at radius 1 is 1.15 bits per heavy atom. The quantitative estimate of drug-likeness (QED) is 0.784. The van der Waals surface area contributed by atoms with E-state index in [2.05, 4.69) is 5.32 Å². The first kappa shape index (κ1) is 15.9. The number of hydrogen-bond donors (Lipinski definition) is 1. The van der Waals surface area contributed by atoms with Crippen LogP contribution in [0.5, 0.6) is 0 Å². The van der Waals surface area contributed by atoms with Crippen molar-refractivity contribution in [3.8, 4) is 0 Å². The molecular weight excluding hydrogens is 291 g/mol. The van der Waals surface area contributed by atoms with E-state index in [0.29, 0.717) is 18.7 Å². The Kier molecular flexibility index (Phi) is 4.88. The largest absolute Gasteiger partial charge is 0.391 e. The number of carbonyl (C=O) groups is 1. The lowest BCUT2D eigenvalue weighted by Crippen LogP contribution is -2.50. The highest BCUT2D eigenvalue weighted by molar-refractivity contribution is 6.18. The average Bonchev–Trinajstić information content (AvgIpc) is 2.87. The van der Waals surface area contributed by atoms with E-state index in [1.54, 1.807) is 0 Å². The van der Waals surface area contributed by atoms with Crippen LogP contribution in [0.1, 0.15) is 51.4 Å². The molecule has 0 saturated heterocycles. The number of alkyl halides is 4. The van der Waals surface area contributed by atoms with Gasteiger partial charge in [0.1, 0.15) is 0 Å². The standard InChI is InChI=1S/C14H21ClF3NO/c15-9-13(7-1-2-8-13)19-12(20)10-3-5-11(6-4-10)14(16,17)18/h10-11H,1-9H2,(H,19,20). The third-order valence-corrected chi connectivity index (χ3v) is 5.28. The van der Waals surface area contributed by atoms with Crippen molar-refractivity contribution in [3.63, 3.8) is 0 Å². The second-order valence-electron chi connectivity index (χ2n) is 6.20. The second kappa shape index (κ2) is 6.12. The van der Waals surface area contributed by atoms with Crippen LogP contribution in [-0.4, -0.2) is 23.5 Å². The highest BCUT2D eigenvalue weighted by atomic mass is 35.5. The molecule has 0 unspecified atom stereocenters. The van der Waals surface area contributed by atoms with Gasteiger partial charge in [-0.3, -0.25) is 4.79 Å². The Balaban J connectivity index is 1.86. The number of halogens is 4. The van der Waals surface area contributed by atoms with E-state index in [4.69, 9.17) is 11.6 Å². The van der Waals surface area contributed by atoms with Gasteiger partial charge in [0.15, 0.2) is 0 Å². The summed E-state index contributed by atoms with van der Waals surface area (Å²) in [6, 6.07) is 0. The zero-order valence-electron chi connectivity index (χ0n) is 11.4. The van der Waals surface area contributed by atoms with E-state index in [1.165, 1.54) is 0 Å². The van der Waals surface area contributed by atoms with Crippen LogP contribution in [0.2, 0.25) is 0 Å². The molecule has 2 aliphatic carbocycles. The van der Waals surface area contributed by atoms with E-state index in [0.717, 1.165) is 25.7 Å². The van der Waals surface area contributed by atoms with E-state index < -0.39 is 12.1 Å². The smallest absolute Gasteiger partial charge is 0.349 e. The minimum Gasteiger partial charge on any atom is -0.349 e. The van der Waals surface area contributed by atoms with Crippen LogP contribution in [-0.2, 0) is 4.79 Å². The van der Waals surface area contributed by atoms with Crippen LogP contribution in [0, 0.1) is 11.8 Å². The van der Waals surface area contributed by atoms with Crippen molar-refractivity contribution in [2.75, 3.05) is 5.88 Å². The van der Waals surface area contributed by atoms with Gasteiger partial charge in [-0.05, 0) is 38.5 Å². The Morgan fingerprint density at radius 3 is 2.15 bits per heavy atom. The Hall–Kier alpha value is -0.450. The molecule has 2 rings (SSSR count). The maximum atomic E-state index is 12.6. The minimum atomic E-state index is -4.12. The first-order valence-corrected chi connectivity index (χ1v) is 7.84. The fourth-order valence-electron chi connectivity index (χ4n) is 3.39. The summed E-state index contributed by atoms with van der Waals surface area (Å²) in [6.07, 6.45) is 0.514. The predicted molar refractivity (Wildman–Crippen MR) is 71.6 cm³/mol. The van der Waals surface area contributed by atoms with Crippen molar-refractivity contribution >= 4 is 17.5 Å². The number of hydrogen-bond acceptors (Lipinski definition) is 1. The average molecular weight is 312 g/mol. The third-order valence-electron chi connectivity index (χ3n) is 4.77. The lowest BCUT2D eigenvalue weighted by molar-refractivity contribution is -0.184. The molecule has 0 heterocycles. The van der Waals surface area contributed by atoms with Crippen molar-refractivity contribution in [3.05, 3.63) is 0 Å². The van der Waals surface area contributed by atoms with Gasteiger partial charge in [-0.2, -0.15) is 13.2 Å². The zero-order valence-corrected chi connectivity index (χ0v) is 12.2. The van der Waals surface area contributed by atoms with Crippen molar-refractivity contribution in [2.45, 2.75) is 63.1 Å². The summed E-state index contributed by atoms with van der Waals surface area (Å²) in [4.78, 5) is 12.2. The topological polar surface area (TPSA) is 29.1 Å². The summed E-state index contributed by atoms with van der Waals surface area (Å²) in [5, 5.41) is 3.01. The molecule has 2 saturated carbocycles. The minimum absolute atomic E-state index is 0.0649. The molecule has 6 heteroatoms. The van der Waals surface area contributed by atoms with E-state index in [9.17, 15) is 18.0 Å². The molecule has 0 radical (unpaired) electrons. The number of rotatable bonds is 3. The fraction of sp³-hybridized carbons (Fsp3) is 0.929. The molecule has 1 amide bonds. The lowest BCUT2D eigenvalue weighted by Gasteiger charge is -2.33. The SMILES string of the molecule is O=C(NC1(CCl)CCCC1)C1CCC(C(F)(F)F)CC1. The molecule has 1 N–H and O–H groups in total. The summed E-state index contributed by atoms with van der Waals surface area (Å²) in [5.41, 5.74) is -0.320. The van der Waals surface area contributed by atoms with Crippen LogP contribution >= 0.6 is 11.6 Å². The van der Waals surface area contributed by atoms with Gasteiger partial charge < -0.3 is 5.32 Å². The van der Waals surface area contributed by atoms with Crippen LogP contribution in [0.15, 0.2) is 0 Å². The third kappa shape index (κ3) is 3.60. The summed E-state index contributed by atoms with van der Waals surface area (Å²) in [6.45, 7) is 0. The van der Waals surface area contributed by atoms with Gasteiger partial charge in [-0.25, -0.2) is 0 Å². The van der Waals surface area contributed by atoms with Crippen molar-refractivity contribution < 1.29 is 18.0 Å². The molecule has 0 aromatic heterocycles. The summed E-state index contributed by atoms with van der Waals surface area (Å²) in [5.74, 6) is -1.24. The number of amides is 1. The first-order chi connectivity index (χ1) is 9.36. The van der Waals surface area contributed by atoms with Crippen LogP contribution in [0.25, 0.3) is 0 Å². The van der Waals surface area contributed by atoms with Gasteiger partial charge in [-0.15, -0.1) is 11.6 Å². The van der Waals surface area contributed by atoms with Gasteiger partial charge in [-0.1, -0.05) is 12.8 Å². The number of carbonyl (C=O) groups excluding carboxylic acids is 1. The Morgan fingerprint density at radius 2 is 1.70 bits per heavy atom. The maximum Gasteiger partial charge on any atom is 0.391 e. The lowest BCUT2D eigenvalue weighted by atomic mass is 9.81. The molecule has 0 bridgehead atoms. The molecule has 0 aromatic rings. The van der Waals surface area contributed by atoms with E-state index in [-0.39, 0.29) is 30.2 Å². The Labute approximate surface area is 122 Å². The van der Waals surface area contributed by atoms with Crippen LogP contribution < -0.4 is 5.32 Å². The zero-order chi connectivity index (χ0) is 14.8. The summed E-state index contributed by atoms with van der Waals surface area (Å²) in [7, 11) is 0.